The van der Waals surface area contributed by atoms with Crippen LogP contribution in [0.15, 0.2) is 60.7 Å². The standard InChI is InChI=1S/C18H18N2O2/c1-13(14-8-4-2-5-9-14)19-16-12-17(21)20(18(16)22)15-10-6-3-7-11-15/h2-11,13,16,19H,12H2,1H3/p+1/t13-,16-/m1/s1. The Morgan fingerprint density at radius 1 is 1.00 bits per heavy atom. The molecule has 112 valence electrons. The van der Waals surface area contributed by atoms with Crippen LogP contribution in [0, 0.1) is 0 Å². The monoisotopic (exact) mass is 295 g/mol. The highest BCUT2D eigenvalue weighted by molar-refractivity contribution is 6.21. The average molecular weight is 295 g/mol. The average Bonchev–Trinajstić information content (AvgIpc) is 2.83. The molecule has 2 aromatic rings. The van der Waals surface area contributed by atoms with Gasteiger partial charge in [0.05, 0.1) is 12.1 Å². The van der Waals surface area contributed by atoms with E-state index in [4.69, 9.17) is 0 Å². The Balaban J connectivity index is 1.74. The molecule has 2 aromatic carbocycles. The summed E-state index contributed by atoms with van der Waals surface area (Å²) in [5.74, 6) is -0.253. The van der Waals surface area contributed by atoms with E-state index in [1.54, 1.807) is 12.1 Å². The van der Waals surface area contributed by atoms with Crippen LogP contribution in [0.5, 0.6) is 0 Å². The number of nitrogens with zero attached hydrogens (tertiary/aromatic N) is 1. The minimum Gasteiger partial charge on any atom is -0.330 e. The third-order valence-corrected chi connectivity index (χ3v) is 4.04. The lowest BCUT2D eigenvalue weighted by Crippen LogP contribution is -2.91. The lowest BCUT2D eigenvalue weighted by Gasteiger charge is -2.16. The van der Waals surface area contributed by atoms with Gasteiger partial charge in [-0.25, -0.2) is 4.90 Å². The molecule has 1 saturated heterocycles. The largest absolute Gasteiger partial charge is 0.330 e. The summed E-state index contributed by atoms with van der Waals surface area (Å²) < 4.78 is 0. The number of nitrogens with two attached hydrogens (primary N) is 1. The molecule has 0 spiro atoms. The van der Waals surface area contributed by atoms with Crippen molar-refractivity contribution in [2.45, 2.75) is 25.4 Å². The van der Waals surface area contributed by atoms with E-state index in [2.05, 4.69) is 6.92 Å². The van der Waals surface area contributed by atoms with Crippen molar-refractivity contribution in [2.75, 3.05) is 4.90 Å². The summed E-state index contributed by atoms with van der Waals surface area (Å²) in [4.78, 5) is 26.1. The summed E-state index contributed by atoms with van der Waals surface area (Å²) in [5.41, 5.74) is 1.81. The highest BCUT2D eigenvalue weighted by Crippen LogP contribution is 2.21. The first-order valence-electron chi connectivity index (χ1n) is 7.48. The van der Waals surface area contributed by atoms with Crippen LogP contribution in [-0.2, 0) is 9.59 Å². The van der Waals surface area contributed by atoms with Gasteiger partial charge in [0.2, 0.25) is 5.91 Å². The zero-order valence-electron chi connectivity index (χ0n) is 12.5. The van der Waals surface area contributed by atoms with Gasteiger partial charge in [-0.15, -0.1) is 0 Å². The molecule has 4 nitrogen and oxygen atoms in total. The maximum atomic E-state index is 12.6. The third kappa shape index (κ3) is 2.78. The van der Waals surface area contributed by atoms with E-state index in [1.165, 1.54) is 4.90 Å². The molecule has 4 heteroatoms. The number of hydrogen-bond donors (Lipinski definition) is 1. The van der Waals surface area contributed by atoms with Gasteiger partial charge in [0.25, 0.3) is 5.91 Å². The van der Waals surface area contributed by atoms with E-state index in [0.29, 0.717) is 5.69 Å². The van der Waals surface area contributed by atoms with Crippen molar-refractivity contribution in [2.24, 2.45) is 0 Å². The maximum Gasteiger partial charge on any atom is 0.292 e. The Labute approximate surface area is 129 Å². The predicted octanol–water partition coefficient (Wildman–Crippen LogP) is 1.64. The molecule has 1 heterocycles. The maximum absolute atomic E-state index is 12.6. The first kappa shape index (κ1) is 14.5. The van der Waals surface area contributed by atoms with Crippen molar-refractivity contribution in [1.29, 1.82) is 0 Å². The van der Waals surface area contributed by atoms with E-state index in [-0.39, 0.29) is 30.3 Å². The molecular weight excluding hydrogens is 276 g/mol. The van der Waals surface area contributed by atoms with Crippen LogP contribution >= 0.6 is 0 Å². The molecule has 0 aliphatic carbocycles. The molecular formula is C18H19N2O2+. The second-order valence-corrected chi connectivity index (χ2v) is 5.61. The number of imide groups is 1. The summed E-state index contributed by atoms with van der Waals surface area (Å²) in [5, 5.41) is 1.98. The van der Waals surface area contributed by atoms with Crippen LogP contribution < -0.4 is 10.2 Å². The van der Waals surface area contributed by atoms with Crippen molar-refractivity contribution in [3.05, 3.63) is 66.2 Å². The summed E-state index contributed by atoms with van der Waals surface area (Å²) in [6.45, 7) is 2.05. The lowest BCUT2D eigenvalue weighted by molar-refractivity contribution is -0.711. The predicted molar refractivity (Wildman–Crippen MR) is 84.1 cm³/mol. The number of benzene rings is 2. The van der Waals surface area contributed by atoms with Gasteiger partial charge in [0.1, 0.15) is 6.04 Å². The number of quaternary nitrogens is 1. The van der Waals surface area contributed by atoms with E-state index < -0.39 is 0 Å². The van der Waals surface area contributed by atoms with Gasteiger partial charge < -0.3 is 5.32 Å². The van der Waals surface area contributed by atoms with Crippen LogP contribution in [0.2, 0.25) is 0 Å². The molecule has 2 N–H and O–H groups in total. The number of rotatable bonds is 4. The fraction of sp³-hybridized carbons (Fsp3) is 0.222. The van der Waals surface area contributed by atoms with Gasteiger partial charge in [-0.1, -0.05) is 48.5 Å². The number of para-hydroxylation sites is 1. The van der Waals surface area contributed by atoms with E-state index in [1.807, 2.05) is 53.8 Å². The van der Waals surface area contributed by atoms with Gasteiger partial charge in [-0.3, -0.25) is 9.59 Å². The molecule has 2 amide bonds. The molecule has 0 radical (unpaired) electrons. The summed E-state index contributed by atoms with van der Waals surface area (Å²) >= 11 is 0. The van der Waals surface area contributed by atoms with Crippen molar-refractivity contribution in [3.8, 4) is 0 Å². The fourth-order valence-corrected chi connectivity index (χ4v) is 2.87. The first-order chi connectivity index (χ1) is 10.7. The third-order valence-electron chi connectivity index (χ3n) is 4.04. The second kappa shape index (κ2) is 6.12. The van der Waals surface area contributed by atoms with Crippen LogP contribution in [0.25, 0.3) is 0 Å². The number of amides is 2. The topological polar surface area (TPSA) is 54.0 Å². The van der Waals surface area contributed by atoms with E-state index in [0.717, 1.165) is 5.56 Å². The van der Waals surface area contributed by atoms with E-state index >= 15 is 0 Å². The SMILES string of the molecule is C[C@@H]([NH2+][C@@H]1CC(=O)N(c2ccccc2)C1=O)c1ccccc1. The lowest BCUT2D eigenvalue weighted by atomic mass is 10.1. The smallest absolute Gasteiger partial charge is 0.292 e. The van der Waals surface area contributed by atoms with Crippen molar-refractivity contribution in [1.82, 2.24) is 0 Å². The molecule has 1 aliphatic heterocycles. The zero-order valence-corrected chi connectivity index (χ0v) is 12.5. The summed E-state index contributed by atoms with van der Waals surface area (Å²) in [6, 6.07) is 18.9. The fourth-order valence-electron chi connectivity index (χ4n) is 2.87. The molecule has 0 aromatic heterocycles. The Morgan fingerprint density at radius 2 is 1.59 bits per heavy atom. The Kier molecular flexibility index (Phi) is 4.02. The van der Waals surface area contributed by atoms with Gasteiger partial charge in [-0.2, -0.15) is 0 Å². The zero-order chi connectivity index (χ0) is 15.5. The quantitative estimate of drug-likeness (QED) is 0.872. The molecule has 2 atom stereocenters. The van der Waals surface area contributed by atoms with Gasteiger partial charge in [0, 0.05) is 5.56 Å². The Bertz CT molecular complexity index is 670. The normalized spacial score (nSPS) is 19.5. The van der Waals surface area contributed by atoms with Crippen LogP contribution in [0.1, 0.15) is 24.9 Å². The molecule has 0 bridgehead atoms. The Morgan fingerprint density at radius 3 is 2.23 bits per heavy atom. The summed E-state index contributed by atoms with van der Waals surface area (Å²) in [7, 11) is 0. The number of hydrogen-bond acceptors (Lipinski definition) is 2. The van der Waals surface area contributed by atoms with Crippen LogP contribution in [-0.4, -0.2) is 17.9 Å². The van der Waals surface area contributed by atoms with Crippen LogP contribution in [0.4, 0.5) is 5.69 Å². The van der Waals surface area contributed by atoms with Crippen LogP contribution in [0.3, 0.4) is 0 Å². The Hall–Kier alpha value is -2.46. The molecule has 22 heavy (non-hydrogen) atoms. The van der Waals surface area contributed by atoms with Gasteiger partial charge in [0.15, 0.2) is 6.04 Å². The first-order valence-corrected chi connectivity index (χ1v) is 7.48. The minimum absolute atomic E-state index is 0.126. The molecule has 1 fully saturated rings. The number of anilines is 1. The van der Waals surface area contributed by atoms with Gasteiger partial charge in [-0.05, 0) is 19.1 Å². The summed E-state index contributed by atoms with van der Waals surface area (Å²) in [6.07, 6.45) is 0.255. The molecule has 1 aliphatic rings. The minimum atomic E-state index is -0.345. The van der Waals surface area contributed by atoms with Crippen molar-refractivity contribution < 1.29 is 14.9 Å². The van der Waals surface area contributed by atoms with Crippen molar-refractivity contribution >= 4 is 17.5 Å². The second-order valence-electron chi connectivity index (χ2n) is 5.61. The van der Waals surface area contributed by atoms with E-state index in [9.17, 15) is 9.59 Å². The highest BCUT2D eigenvalue weighted by Gasteiger charge is 2.42. The number of carbonyl (C=O) groups is 2. The van der Waals surface area contributed by atoms with Crippen molar-refractivity contribution in [3.63, 3.8) is 0 Å². The highest BCUT2D eigenvalue weighted by atomic mass is 16.2. The molecule has 3 rings (SSSR count). The number of carbonyl (C=O) groups excluding carboxylic acids is 2. The molecule has 0 unspecified atom stereocenters. The molecule has 0 saturated carbocycles. The van der Waals surface area contributed by atoms with Gasteiger partial charge >= 0.3 is 0 Å².